The average molecular weight is 213 g/mol. The van der Waals surface area contributed by atoms with Crippen molar-refractivity contribution < 1.29 is 4.74 Å². The predicted octanol–water partition coefficient (Wildman–Crippen LogP) is 2.71. The first-order valence-corrected chi connectivity index (χ1v) is 5.66. The van der Waals surface area contributed by atoms with Crippen molar-refractivity contribution in [3.8, 4) is 5.75 Å². The van der Waals surface area contributed by atoms with Crippen LogP contribution >= 0.6 is 0 Å². The summed E-state index contributed by atoms with van der Waals surface area (Å²) >= 11 is 0. The molecule has 2 aromatic rings. The number of hydrogen-bond acceptors (Lipinski definition) is 2. The van der Waals surface area contributed by atoms with Gasteiger partial charge in [0.25, 0.3) is 0 Å². The van der Waals surface area contributed by atoms with Crippen LogP contribution in [0.25, 0.3) is 10.8 Å². The molecule has 0 aromatic heterocycles. The number of fused-ring (bicyclic) bond motifs is 1. The van der Waals surface area contributed by atoms with Crippen molar-refractivity contribution in [2.75, 3.05) is 6.61 Å². The van der Waals surface area contributed by atoms with Crippen LogP contribution < -0.4 is 10.5 Å². The van der Waals surface area contributed by atoms with Crippen molar-refractivity contribution >= 4 is 10.8 Å². The van der Waals surface area contributed by atoms with Crippen molar-refractivity contribution in [2.24, 2.45) is 5.73 Å². The summed E-state index contributed by atoms with van der Waals surface area (Å²) in [5.74, 6) is 0.940. The fourth-order valence-corrected chi connectivity index (χ4v) is 1.85. The molecule has 1 aliphatic carbocycles. The highest BCUT2D eigenvalue weighted by molar-refractivity contribution is 5.88. The van der Waals surface area contributed by atoms with Gasteiger partial charge in [-0.2, -0.15) is 0 Å². The van der Waals surface area contributed by atoms with E-state index in [-0.39, 0.29) is 5.54 Å². The van der Waals surface area contributed by atoms with Gasteiger partial charge in [-0.3, -0.25) is 0 Å². The van der Waals surface area contributed by atoms with Crippen molar-refractivity contribution in [3.05, 3.63) is 42.5 Å². The van der Waals surface area contributed by atoms with Crippen LogP contribution in [0.4, 0.5) is 0 Å². The third kappa shape index (κ3) is 1.76. The molecule has 0 radical (unpaired) electrons. The topological polar surface area (TPSA) is 35.2 Å². The Kier molecular flexibility index (Phi) is 2.11. The fourth-order valence-electron chi connectivity index (χ4n) is 1.85. The lowest BCUT2D eigenvalue weighted by molar-refractivity contribution is 0.282. The van der Waals surface area contributed by atoms with Gasteiger partial charge in [-0.15, -0.1) is 0 Å². The first kappa shape index (κ1) is 9.67. The minimum absolute atomic E-state index is 0.0586. The van der Waals surface area contributed by atoms with Gasteiger partial charge in [-0.05, 0) is 24.3 Å². The largest absolute Gasteiger partial charge is 0.491 e. The Hall–Kier alpha value is -1.54. The molecule has 0 unspecified atom stereocenters. The molecular weight excluding hydrogens is 198 g/mol. The lowest BCUT2D eigenvalue weighted by atomic mass is 10.1. The molecule has 0 spiro atoms. The van der Waals surface area contributed by atoms with Crippen LogP contribution in [0.1, 0.15) is 12.8 Å². The second-order valence-electron chi connectivity index (χ2n) is 4.63. The van der Waals surface area contributed by atoms with Crippen LogP contribution in [0.3, 0.4) is 0 Å². The normalized spacial score (nSPS) is 17.3. The zero-order valence-electron chi connectivity index (χ0n) is 9.15. The van der Waals surface area contributed by atoms with Gasteiger partial charge in [-0.25, -0.2) is 0 Å². The van der Waals surface area contributed by atoms with E-state index in [1.165, 1.54) is 5.39 Å². The van der Waals surface area contributed by atoms with Crippen LogP contribution in [0, 0.1) is 0 Å². The van der Waals surface area contributed by atoms with Crippen molar-refractivity contribution in [2.45, 2.75) is 18.4 Å². The molecule has 0 aliphatic heterocycles. The first-order chi connectivity index (χ1) is 7.77. The molecule has 0 atom stereocenters. The highest BCUT2D eigenvalue weighted by atomic mass is 16.5. The van der Waals surface area contributed by atoms with Crippen molar-refractivity contribution in [1.29, 1.82) is 0 Å². The Labute approximate surface area is 95.0 Å². The van der Waals surface area contributed by atoms with E-state index in [2.05, 4.69) is 18.2 Å². The van der Waals surface area contributed by atoms with E-state index in [1.807, 2.05) is 24.3 Å². The van der Waals surface area contributed by atoms with Crippen molar-refractivity contribution in [1.82, 2.24) is 0 Å². The summed E-state index contributed by atoms with van der Waals surface area (Å²) in [6.45, 7) is 0.626. The molecule has 82 valence electrons. The molecule has 0 amide bonds. The third-order valence-electron chi connectivity index (χ3n) is 3.16. The SMILES string of the molecule is NC1(COc2cccc3ccccc23)CC1. The summed E-state index contributed by atoms with van der Waals surface area (Å²) in [6, 6.07) is 14.4. The van der Waals surface area contributed by atoms with Crippen molar-refractivity contribution in [3.63, 3.8) is 0 Å². The van der Waals surface area contributed by atoms with E-state index in [0.717, 1.165) is 24.0 Å². The van der Waals surface area contributed by atoms with Gasteiger partial charge in [0.15, 0.2) is 0 Å². The number of ether oxygens (including phenoxy) is 1. The van der Waals surface area contributed by atoms with Crippen LogP contribution in [0.2, 0.25) is 0 Å². The van der Waals surface area contributed by atoms with Gasteiger partial charge in [0.05, 0.1) is 5.54 Å². The molecule has 1 saturated carbocycles. The van der Waals surface area contributed by atoms with Crippen LogP contribution in [0.5, 0.6) is 5.75 Å². The molecule has 0 saturated heterocycles. The summed E-state index contributed by atoms with van der Waals surface area (Å²) in [6.07, 6.45) is 2.16. The summed E-state index contributed by atoms with van der Waals surface area (Å²) in [5.41, 5.74) is 5.95. The summed E-state index contributed by atoms with van der Waals surface area (Å²) in [4.78, 5) is 0. The molecule has 2 nitrogen and oxygen atoms in total. The lowest BCUT2D eigenvalue weighted by Gasteiger charge is -2.12. The molecule has 2 aromatic carbocycles. The molecule has 0 heterocycles. The van der Waals surface area contributed by atoms with E-state index in [9.17, 15) is 0 Å². The third-order valence-corrected chi connectivity index (χ3v) is 3.16. The fraction of sp³-hybridized carbons (Fsp3) is 0.286. The highest BCUT2D eigenvalue weighted by Gasteiger charge is 2.39. The molecule has 1 fully saturated rings. The van der Waals surface area contributed by atoms with E-state index >= 15 is 0 Å². The standard InChI is InChI=1S/C14H15NO/c15-14(8-9-14)10-16-13-7-3-5-11-4-1-2-6-12(11)13/h1-7H,8-10,15H2. The zero-order chi connectivity index (χ0) is 11.0. The molecular formula is C14H15NO. The molecule has 2 N–H and O–H groups in total. The van der Waals surface area contributed by atoms with Gasteiger partial charge in [0.1, 0.15) is 12.4 Å². The molecule has 1 aliphatic rings. The highest BCUT2D eigenvalue weighted by Crippen LogP contribution is 2.34. The number of benzene rings is 2. The van der Waals surface area contributed by atoms with Gasteiger partial charge in [0, 0.05) is 5.39 Å². The van der Waals surface area contributed by atoms with Gasteiger partial charge in [-0.1, -0.05) is 36.4 Å². The lowest BCUT2D eigenvalue weighted by Crippen LogP contribution is -2.29. The first-order valence-electron chi connectivity index (χ1n) is 5.66. The molecule has 2 heteroatoms. The number of nitrogens with two attached hydrogens (primary N) is 1. The molecule has 16 heavy (non-hydrogen) atoms. The second kappa shape index (κ2) is 3.49. The smallest absolute Gasteiger partial charge is 0.127 e. The van der Waals surface area contributed by atoms with Gasteiger partial charge in [0.2, 0.25) is 0 Å². The molecule has 0 bridgehead atoms. The predicted molar refractivity (Wildman–Crippen MR) is 65.6 cm³/mol. The second-order valence-corrected chi connectivity index (χ2v) is 4.63. The summed E-state index contributed by atoms with van der Waals surface area (Å²) in [7, 11) is 0. The molecule has 3 rings (SSSR count). The Morgan fingerprint density at radius 3 is 2.62 bits per heavy atom. The maximum absolute atomic E-state index is 6.01. The van der Waals surface area contributed by atoms with E-state index in [4.69, 9.17) is 10.5 Å². The Bertz CT molecular complexity index is 512. The van der Waals surface area contributed by atoms with E-state index in [0.29, 0.717) is 6.61 Å². The maximum atomic E-state index is 6.01. The summed E-state index contributed by atoms with van der Waals surface area (Å²) in [5, 5.41) is 2.37. The Morgan fingerprint density at radius 2 is 1.81 bits per heavy atom. The zero-order valence-corrected chi connectivity index (χ0v) is 9.15. The van der Waals surface area contributed by atoms with Crippen LogP contribution in [-0.2, 0) is 0 Å². The Morgan fingerprint density at radius 1 is 1.06 bits per heavy atom. The van der Waals surface area contributed by atoms with E-state index in [1.54, 1.807) is 0 Å². The monoisotopic (exact) mass is 213 g/mol. The number of rotatable bonds is 3. The summed E-state index contributed by atoms with van der Waals surface area (Å²) < 4.78 is 5.82. The minimum atomic E-state index is -0.0586. The average Bonchev–Trinajstić information content (AvgIpc) is 3.05. The van der Waals surface area contributed by atoms with E-state index < -0.39 is 0 Å². The minimum Gasteiger partial charge on any atom is -0.491 e. The number of hydrogen-bond donors (Lipinski definition) is 1. The van der Waals surface area contributed by atoms with Gasteiger partial charge >= 0.3 is 0 Å². The maximum Gasteiger partial charge on any atom is 0.127 e. The van der Waals surface area contributed by atoms with Crippen LogP contribution in [0.15, 0.2) is 42.5 Å². The Balaban J connectivity index is 1.90. The van der Waals surface area contributed by atoms with Gasteiger partial charge < -0.3 is 10.5 Å². The quantitative estimate of drug-likeness (QED) is 0.850. The van der Waals surface area contributed by atoms with Crippen LogP contribution in [-0.4, -0.2) is 12.1 Å².